The Bertz CT molecular complexity index is 774. The largest absolute Gasteiger partial charge is 0.360 e. The van der Waals surface area contributed by atoms with Crippen molar-refractivity contribution in [3.8, 4) is 0 Å². The van der Waals surface area contributed by atoms with E-state index in [1.807, 2.05) is 22.7 Å². The molecule has 2 aliphatic rings. The SMILES string of the molecule is C[C@@H]1CCN(C(=O)C[NH+]2CCN(c3ccccc3)CC2)c2ccccc2S1. The van der Waals surface area contributed by atoms with E-state index in [0.29, 0.717) is 11.8 Å². The quantitative estimate of drug-likeness (QED) is 0.883. The van der Waals surface area contributed by atoms with Crippen molar-refractivity contribution in [2.75, 3.05) is 49.1 Å². The molecule has 0 unspecified atom stereocenters. The van der Waals surface area contributed by atoms with E-state index in [0.717, 1.165) is 44.8 Å². The van der Waals surface area contributed by atoms with Crippen molar-refractivity contribution >= 4 is 29.0 Å². The highest BCUT2D eigenvalue weighted by Crippen LogP contribution is 2.37. The molecule has 4 rings (SSSR count). The Hall–Kier alpha value is -1.98. The first-order valence-electron chi connectivity index (χ1n) is 9.90. The Kier molecular flexibility index (Phi) is 5.69. The molecule has 1 saturated heterocycles. The van der Waals surface area contributed by atoms with E-state index >= 15 is 0 Å². The molecule has 1 N–H and O–H groups in total. The van der Waals surface area contributed by atoms with Crippen molar-refractivity contribution in [1.82, 2.24) is 0 Å². The summed E-state index contributed by atoms with van der Waals surface area (Å²) in [6.45, 7) is 7.72. The number of fused-ring (bicyclic) bond motifs is 1. The topological polar surface area (TPSA) is 28.0 Å². The summed E-state index contributed by atoms with van der Waals surface area (Å²) >= 11 is 1.89. The second kappa shape index (κ2) is 8.36. The van der Waals surface area contributed by atoms with Gasteiger partial charge in [-0.05, 0) is 30.7 Å². The molecule has 1 fully saturated rings. The number of para-hydroxylation sites is 2. The minimum atomic E-state index is 0.264. The number of nitrogens with zero attached hydrogens (tertiary/aromatic N) is 2. The molecule has 0 aliphatic carbocycles. The number of quaternary nitrogens is 1. The lowest BCUT2D eigenvalue weighted by Crippen LogP contribution is -3.16. The number of piperazine rings is 1. The second-order valence-electron chi connectivity index (χ2n) is 7.48. The highest BCUT2D eigenvalue weighted by Gasteiger charge is 2.28. The average molecular weight is 383 g/mol. The van der Waals surface area contributed by atoms with Crippen LogP contribution in [0.4, 0.5) is 11.4 Å². The van der Waals surface area contributed by atoms with E-state index in [-0.39, 0.29) is 5.91 Å². The van der Waals surface area contributed by atoms with Gasteiger partial charge < -0.3 is 14.7 Å². The first-order chi connectivity index (χ1) is 13.2. The zero-order valence-electron chi connectivity index (χ0n) is 15.9. The second-order valence-corrected chi connectivity index (χ2v) is 8.96. The van der Waals surface area contributed by atoms with Gasteiger partial charge in [-0.3, -0.25) is 4.79 Å². The van der Waals surface area contributed by atoms with Gasteiger partial charge in [0.05, 0.1) is 31.9 Å². The van der Waals surface area contributed by atoms with E-state index < -0.39 is 0 Å². The van der Waals surface area contributed by atoms with Crippen molar-refractivity contribution < 1.29 is 9.69 Å². The van der Waals surface area contributed by atoms with E-state index in [2.05, 4.69) is 60.4 Å². The molecule has 0 aromatic heterocycles. The van der Waals surface area contributed by atoms with Gasteiger partial charge in [0.15, 0.2) is 6.54 Å². The van der Waals surface area contributed by atoms with Crippen LogP contribution >= 0.6 is 11.8 Å². The lowest BCUT2D eigenvalue weighted by molar-refractivity contribution is -0.892. The predicted octanol–water partition coefficient (Wildman–Crippen LogP) is 2.31. The molecule has 2 aromatic carbocycles. The number of carbonyl (C=O) groups excluding carboxylic acids is 1. The van der Waals surface area contributed by atoms with Gasteiger partial charge in [-0.15, -0.1) is 11.8 Å². The summed E-state index contributed by atoms with van der Waals surface area (Å²) in [4.78, 5) is 20.2. The molecule has 27 heavy (non-hydrogen) atoms. The van der Waals surface area contributed by atoms with Crippen molar-refractivity contribution in [2.45, 2.75) is 23.5 Å². The van der Waals surface area contributed by atoms with Gasteiger partial charge in [0.1, 0.15) is 0 Å². The Labute approximate surface area is 166 Å². The number of amides is 1. The van der Waals surface area contributed by atoms with Crippen molar-refractivity contribution in [3.05, 3.63) is 54.6 Å². The minimum absolute atomic E-state index is 0.264. The maximum Gasteiger partial charge on any atom is 0.282 e. The maximum absolute atomic E-state index is 13.1. The molecular formula is C22H28N3OS+. The zero-order chi connectivity index (χ0) is 18.6. The van der Waals surface area contributed by atoms with Gasteiger partial charge >= 0.3 is 0 Å². The molecule has 0 spiro atoms. The third-order valence-corrected chi connectivity index (χ3v) is 6.77. The lowest BCUT2D eigenvalue weighted by atomic mass is 10.2. The normalized spacial score (nSPS) is 20.9. The Morgan fingerprint density at radius 3 is 2.52 bits per heavy atom. The number of hydrogen-bond acceptors (Lipinski definition) is 3. The monoisotopic (exact) mass is 382 g/mol. The van der Waals surface area contributed by atoms with Gasteiger partial charge in [0, 0.05) is 22.4 Å². The molecule has 0 saturated carbocycles. The van der Waals surface area contributed by atoms with Crippen molar-refractivity contribution in [2.24, 2.45) is 0 Å². The van der Waals surface area contributed by atoms with Gasteiger partial charge in [0.2, 0.25) is 0 Å². The first kappa shape index (κ1) is 18.4. The fourth-order valence-electron chi connectivity index (χ4n) is 3.95. The fraction of sp³-hybridized carbons (Fsp3) is 0.409. The van der Waals surface area contributed by atoms with Crippen LogP contribution in [0.5, 0.6) is 0 Å². The average Bonchev–Trinajstić information content (AvgIpc) is 2.87. The maximum atomic E-state index is 13.1. The molecule has 2 aliphatic heterocycles. The molecule has 4 nitrogen and oxygen atoms in total. The molecule has 0 bridgehead atoms. The summed E-state index contributed by atoms with van der Waals surface area (Å²) in [6, 6.07) is 18.9. The van der Waals surface area contributed by atoms with Crippen LogP contribution in [0, 0.1) is 0 Å². The van der Waals surface area contributed by atoms with Gasteiger partial charge in [-0.2, -0.15) is 0 Å². The van der Waals surface area contributed by atoms with Crippen molar-refractivity contribution in [3.63, 3.8) is 0 Å². The van der Waals surface area contributed by atoms with Crippen LogP contribution in [0.1, 0.15) is 13.3 Å². The third kappa shape index (κ3) is 4.30. The lowest BCUT2D eigenvalue weighted by Gasteiger charge is -2.34. The third-order valence-electron chi connectivity index (χ3n) is 5.54. The summed E-state index contributed by atoms with van der Waals surface area (Å²) in [6.07, 6.45) is 1.04. The van der Waals surface area contributed by atoms with Gasteiger partial charge in [-0.25, -0.2) is 0 Å². The van der Waals surface area contributed by atoms with E-state index in [1.54, 1.807) is 0 Å². The molecule has 142 valence electrons. The number of rotatable bonds is 3. The predicted molar refractivity (Wildman–Crippen MR) is 113 cm³/mol. The molecule has 0 radical (unpaired) electrons. The highest BCUT2D eigenvalue weighted by atomic mass is 32.2. The Morgan fingerprint density at radius 1 is 1.04 bits per heavy atom. The molecule has 2 heterocycles. The van der Waals surface area contributed by atoms with Crippen LogP contribution in [-0.2, 0) is 4.79 Å². The molecular weight excluding hydrogens is 354 g/mol. The molecule has 1 amide bonds. The summed E-state index contributed by atoms with van der Waals surface area (Å²) < 4.78 is 0. The number of benzene rings is 2. The van der Waals surface area contributed by atoms with E-state index in [9.17, 15) is 4.79 Å². The van der Waals surface area contributed by atoms with Crippen LogP contribution in [-0.4, -0.2) is 50.4 Å². The molecule has 5 heteroatoms. The van der Waals surface area contributed by atoms with Crippen LogP contribution < -0.4 is 14.7 Å². The Balaban J connectivity index is 1.39. The number of thioether (sulfide) groups is 1. The number of nitrogens with one attached hydrogen (secondary N) is 1. The fourth-order valence-corrected chi connectivity index (χ4v) is 5.06. The number of hydrogen-bond donors (Lipinski definition) is 1. The van der Waals surface area contributed by atoms with Crippen LogP contribution in [0.25, 0.3) is 0 Å². The number of anilines is 2. The summed E-state index contributed by atoms with van der Waals surface area (Å²) in [7, 11) is 0. The molecule has 1 atom stereocenters. The Morgan fingerprint density at radius 2 is 1.74 bits per heavy atom. The summed E-state index contributed by atoms with van der Waals surface area (Å²) in [5.74, 6) is 0.264. The standard InChI is InChI=1S/C22H27N3OS/c1-18-11-12-25(20-9-5-6-10-21(20)27-18)22(26)17-23-13-15-24(16-14-23)19-7-3-2-4-8-19/h2-10,18H,11-17H2,1H3/p+1/t18-/m1/s1. The first-order valence-corrected chi connectivity index (χ1v) is 10.8. The van der Waals surface area contributed by atoms with Gasteiger partial charge in [0.25, 0.3) is 5.91 Å². The summed E-state index contributed by atoms with van der Waals surface area (Å²) in [5, 5.41) is 0.547. The van der Waals surface area contributed by atoms with Crippen LogP contribution in [0.2, 0.25) is 0 Å². The highest BCUT2D eigenvalue weighted by molar-refractivity contribution is 8.00. The van der Waals surface area contributed by atoms with E-state index in [4.69, 9.17) is 0 Å². The summed E-state index contributed by atoms with van der Waals surface area (Å²) in [5.41, 5.74) is 2.38. The van der Waals surface area contributed by atoms with Crippen molar-refractivity contribution in [1.29, 1.82) is 0 Å². The minimum Gasteiger partial charge on any atom is -0.360 e. The zero-order valence-corrected chi connectivity index (χ0v) is 16.8. The molecule has 2 aromatic rings. The van der Waals surface area contributed by atoms with Crippen LogP contribution in [0.15, 0.2) is 59.5 Å². The van der Waals surface area contributed by atoms with Crippen LogP contribution in [0.3, 0.4) is 0 Å². The smallest absolute Gasteiger partial charge is 0.282 e. The number of carbonyl (C=O) groups is 1. The van der Waals surface area contributed by atoms with Gasteiger partial charge in [-0.1, -0.05) is 37.3 Å². The van der Waals surface area contributed by atoms with E-state index in [1.165, 1.54) is 15.5 Å².